The van der Waals surface area contributed by atoms with E-state index in [-0.39, 0.29) is 19.6 Å². The molecule has 1 aromatic heterocycles. The largest absolute Gasteiger partial charge is 0.445 e. The van der Waals surface area contributed by atoms with Crippen molar-refractivity contribution in [1.29, 1.82) is 0 Å². The van der Waals surface area contributed by atoms with E-state index in [1.54, 1.807) is 6.07 Å². The number of esters is 1. The van der Waals surface area contributed by atoms with Crippen molar-refractivity contribution in [1.82, 2.24) is 15.6 Å². The fraction of sp³-hybridized carbons (Fsp3) is 0.150. The first-order chi connectivity index (χ1) is 23.1. The number of H-pyrrole nitrogens is 1. The van der Waals surface area contributed by atoms with Crippen LogP contribution in [0.1, 0.15) is 34.2 Å². The van der Waals surface area contributed by atoms with Crippen LogP contribution in [0.2, 0.25) is 0 Å². The van der Waals surface area contributed by atoms with Crippen LogP contribution < -0.4 is 15.4 Å². The number of rotatable bonds is 13. The Morgan fingerprint density at radius 3 is 1.85 bits per heavy atom. The Hall–Kier alpha value is -5.66. The number of benzene rings is 5. The van der Waals surface area contributed by atoms with E-state index < -0.39 is 17.6 Å². The third-order valence-corrected chi connectivity index (χ3v) is 8.19. The van der Waals surface area contributed by atoms with E-state index in [9.17, 15) is 9.59 Å². The van der Waals surface area contributed by atoms with Crippen molar-refractivity contribution < 1.29 is 19.1 Å². The molecule has 0 unspecified atom stereocenters. The molecule has 6 rings (SSSR count). The fourth-order valence-corrected chi connectivity index (χ4v) is 5.91. The summed E-state index contributed by atoms with van der Waals surface area (Å²) in [6.07, 6.45) is 2.19. The van der Waals surface area contributed by atoms with Crippen molar-refractivity contribution in [2.45, 2.75) is 25.0 Å². The number of amides is 1. The lowest BCUT2D eigenvalue weighted by atomic mass is 9.77. The minimum Gasteiger partial charge on any atom is -0.445 e. The van der Waals surface area contributed by atoms with Gasteiger partial charge in [0.15, 0.2) is 0 Å². The summed E-state index contributed by atoms with van der Waals surface area (Å²) >= 11 is 0. The minimum atomic E-state index is -0.579. The quantitative estimate of drug-likeness (QED) is 0.0704. The average Bonchev–Trinajstić information content (AvgIpc) is 3.53. The molecule has 0 radical (unpaired) electrons. The molecule has 7 nitrogen and oxygen atoms in total. The Bertz CT molecular complexity index is 1800. The second kappa shape index (κ2) is 15.1. The van der Waals surface area contributed by atoms with Crippen LogP contribution in [0.5, 0.6) is 5.75 Å². The van der Waals surface area contributed by atoms with E-state index in [4.69, 9.17) is 9.47 Å². The molecule has 0 bridgehead atoms. The molecule has 7 heteroatoms. The number of hydrogen-bond acceptors (Lipinski definition) is 5. The van der Waals surface area contributed by atoms with Gasteiger partial charge >= 0.3 is 12.1 Å². The molecule has 0 aliphatic rings. The third kappa shape index (κ3) is 7.60. The molecular weight excluding hydrogens is 586 g/mol. The standard InChI is InChI=1S/C40H37N3O4/c44-38(24-25-41-39(45)46-29-30-13-5-1-6-14-30)47-35-21-22-37-36(27-35)31(28-42-37)23-26-43-40(32-15-7-2-8-16-32,33-17-9-3-10-18-33)34-19-11-4-12-20-34/h1-22,27-28,42-43H,23-26,29H2,(H,41,45). The van der Waals surface area contributed by atoms with Gasteiger partial charge in [-0.2, -0.15) is 0 Å². The monoisotopic (exact) mass is 623 g/mol. The highest BCUT2D eigenvalue weighted by Gasteiger charge is 2.35. The fourth-order valence-electron chi connectivity index (χ4n) is 5.91. The second-order valence-corrected chi connectivity index (χ2v) is 11.3. The van der Waals surface area contributed by atoms with Gasteiger partial charge < -0.3 is 19.8 Å². The van der Waals surface area contributed by atoms with Crippen molar-refractivity contribution in [2.24, 2.45) is 0 Å². The number of nitrogens with one attached hydrogen (secondary N) is 3. The second-order valence-electron chi connectivity index (χ2n) is 11.3. The molecule has 0 fully saturated rings. The predicted molar refractivity (Wildman–Crippen MR) is 184 cm³/mol. The SMILES string of the molecule is O=C(CCNC(=O)OCc1ccccc1)Oc1ccc2[nH]cc(CCNC(c3ccccc3)(c3ccccc3)c3ccccc3)c2c1. The Morgan fingerprint density at radius 2 is 1.26 bits per heavy atom. The van der Waals surface area contributed by atoms with Crippen LogP contribution in [0.4, 0.5) is 4.79 Å². The number of aromatic amines is 1. The minimum absolute atomic E-state index is 0.0168. The Labute approximate surface area is 274 Å². The molecule has 1 amide bonds. The van der Waals surface area contributed by atoms with Crippen LogP contribution in [0.25, 0.3) is 10.9 Å². The van der Waals surface area contributed by atoms with Gasteiger partial charge in [-0.3, -0.25) is 10.1 Å². The Kier molecular flexibility index (Phi) is 10.1. The number of fused-ring (bicyclic) bond motifs is 1. The van der Waals surface area contributed by atoms with Crippen LogP contribution in [0.15, 0.2) is 146 Å². The molecule has 0 saturated carbocycles. The number of aromatic nitrogens is 1. The number of ether oxygens (including phenoxy) is 2. The lowest BCUT2D eigenvalue weighted by molar-refractivity contribution is -0.134. The lowest BCUT2D eigenvalue weighted by Crippen LogP contribution is -2.45. The van der Waals surface area contributed by atoms with Gasteiger partial charge in [0.05, 0.1) is 12.0 Å². The molecule has 0 aliphatic heterocycles. The van der Waals surface area contributed by atoms with Gasteiger partial charge in [-0.15, -0.1) is 0 Å². The lowest BCUT2D eigenvalue weighted by Gasteiger charge is -2.37. The third-order valence-electron chi connectivity index (χ3n) is 8.19. The van der Waals surface area contributed by atoms with Gasteiger partial charge in [0.1, 0.15) is 12.4 Å². The van der Waals surface area contributed by atoms with Crippen LogP contribution in [0, 0.1) is 0 Å². The van der Waals surface area contributed by atoms with Crippen LogP contribution >= 0.6 is 0 Å². The zero-order valence-corrected chi connectivity index (χ0v) is 26.0. The molecule has 1 heterocycles. The molecule has 0 atom stereocenters. The molecular formula is C40H37N3O4. The Morgan fingerprint density at radius 1 is 0.681 bits per heavy atom. The molecule has 236 valence electrons. The molecule has 0 spiro atoms. The normalized spacial score (nSPS) is 11.2. The van der Waals surface area contributed by atoms with E-state index >= 15 is 0 Å². The van der Waals surface area contributed by atoms with Crippen LogP contribution in [0.3, 0.4) is 0 Å². The first-order valence-corrected chi connectivity index (χ1v) is 15.8. The number of carbonyl (C=O) groups excluding carboxylic acids is 2. The molecule has 3 N–H and O–H groups in total. The summed E-state index contributed by atoms with van der Waals surface area (Å²) in [7, 11) is 0. The van der Waals surface area contributed by atoms with E-state index in [0.717, 1.165) is 45.1 Å². The van der Waals surface area contributed by atoms with E-state index in [2.05, 4.69) is 88.4 Å². The van der Waals surface area contributed by atoms with Crippen molar-refractivity contribution in [3.8, 4) is 5.75 Å². The summed E-state index contributed by atoms with van der Waals surface area (Å²) in [6.45, 7) is 0.959. The highest BCUT2D eigenvalue weighted by Crippen LogP contribution is 2.37. The smallest absolute Gasteiger partial charge is 0.407 e. The van der Waals surface area contributed by atoms with E-state index in [1.807, 2.05) is 66.9 Å². The van der Waals surface area contributed by atoms with Gasteiger partial charge in [-0.05, 0) is 52.4 Å². The van der Waals surface area contributed by atoms with Gasteiger partial charge in [0, 0.05) is 30.2 Å². The average molecular weight is 624 g/mol. The number of hydrogen-bond donors (Lipinski definition) is 3. The maximum atomic E-state index is 12.6. The topological polar surface area (TPSA) is 92.5 Å². The highest BCUT2D eigenvalue weighted by atomic mass is 16.5. The first kappa shape index (κ1) is 31.3. The van der Waals surface area contributed by atoms with Crippen LogP contribution in [-0.2, 0) is 28.1 Å². The van der Waals surface area contributed by atoms with Crippen molar-refractivity contribution >= 4 is 23.0 Å². The van der Waals surface area contributed by atoms with E-state index in [0.29, 0.717) is 12.3 Å². The van der Waals surface area contributed by atoms with Crippen molar-refractivity contribution in [3.63, 3.8) is 0 Å². The zero-order valence-electron chi connectivity index (χ0n) is 26.0. The van der Waals surface area contributed by atoms with Gasteiger partial charge in [-0.25, -0.2) is 4.79 Å². The maximum Gasteiger partial charge on any atom is 0.407 e. The summed E-state index contributed by atoms with van der Waals surface area (Å²) in [5, 5.41) is 7.53. The summed E-state index contributed by atoms with van der Waals surface area (Å²) in [4.78, 5) is 27.9. The first-order valence-electron chi connectivity index (χ1n) is 15.8. The summed E-state index contributed by atoms with van der Waals surface area (Å²) in [5.74, 6) is 0.0139. The van der Waals surface area contributed by atoms with Gasteiger partial charge in [-0.1, -0.05) is 121 Å². The summed E-state index contributed by atoms with van der Waals surface area (Å²) < 4.78 is 10.8. The number of alkyl carbamates (subject to hydrolysis) is 1. The van der Waals surface area contributed by atoms with Gasteiger partial charge in [0.2, 0.25) is 0 Å². The summed E-state index contributed by atoms with van der Waals surface area (Å²) in [6, 6.07) is 46.6. The van der Waals surface area contributed by atoms with Crippen molar-refractivity contribution in [2.75, 3.05) is 13.1 Å². The van der Waals surface area contributed by atoms with Crippen molar-refractivity contribution in [3.05, 3.63) is 174 Å². The summed E-state index contributed by atoms with van der Waals surface area (Å²) in [5.41, 5.74) is 5.87. The molecule has 5 aromatic carbocycles. The molecule has 6 aromatic rings. The zero-order chi connectivity index (χ0) is 32.3. The highest BCUT2D eigenvalue weighted by molar-refractivity contribution is 5.85. The Balaban J connectivity index is 1.11. The predicted octanol–water partition coefficient (Wildman–Crippen LogP) is 7.51. The molecule has 0 aliphatic carbocycles. The molecule has 47 heavy (non-hydrogen) atoms. The molecule has 0 saturated heterocycles. The van der Waals surface area contributed by atoms with Gasteiger partial charge in [0.25, 0.3) is 0 Å². The maximum absolute atomic E-state index is 12.6. The van der Waals surface area contributed by atoms with E-state index in [1.165, 1.54) is 0 Å². The van der Waals surface area contributed by atoms with Crippen LogP contribution in [-0.4, -0.2) is 30.1 Å². The number of carbonyl (C=O) groups is 2.